The fraction of sp³-hybridized carbons (Fsp3) is 0.0400. The minimum Gasteiger partial charge on any atom is -0.412 e. The van der Waals surface area contributed by atoms with Gasteiger partial charge >= 0.3 is 0 Å². The van der Waals surface area contributed by atoms with Crippen LogP contribution in [0.5, 0.6) is 0 Å². The average molecular weight is 571 g/mol. The van der Waals surface area contributed by atoms with E-state index in [0.717, 1.165) is 22.7 Å². The lowest BCUT2D eigenvalue weighted by molar-refractivity contribution is 0.0952. The lowest BCUT2D eigenvalue weighted by Crippen LogP contribution is -2.23. The van der Waals surface area contributed by atoms with Crippen LogP contribution in [-0.4, -0.2) is 34.4 Å². The summed E-state index contributed by atoms with van der Waals surface area (Å²) in [5.74, 6) is -0.317. The minimum atomic E-state index is -3.94. The van der Waals surface area contributed by atoms with Crippen molar-refractivity contribution in [1.29, 1.82) is 5.41 Å². The van der Waals surface area contributed by atoms with E-state index >= 15 is 0 Å². The molecular weight excluding hydrogens is 548 g/mol. The molecule has 1 heterocycles. The number of nitrogen functional groups attached to an aromatic ring is 1. The van der Waals surface area contributed by atoms with Crippen molar-refractivity contribution in [2.45, 2.75) is 11.4 Å². The van der Waals surface area contributed by atoms with E-state index in [9.17, 15) is 13.2 Å². The van der Waals surface area contributed by atoms with Crippen molar-refractivity contribution >= 4 is 73.4 Å². The van der Waals surface area contributed by atoms with E-state index in [2.05, 4.69) is 18.8 Å². The van der Waals surface area contributed by atoms with Gasteiger partial charge in [-0.15, -0.1) is 12.4 Å². The van der Waals surface area contributed by atoms with Crippen LogP contribution in [0.3, 0.4) is 0 Å². The largest absolute Gasteiger partial charge is 0.412 e. The van der Waals surface area contributed by atoms with E-state index in [1.807, 2.05) is 6.07 Å². The Hall–Kier alpha value is -4.10. The average Bonchev–Trinajstić information content (AvgIpc) is 3.36. The lowest BCUT2D eigenvalue weighted by atomic mass is 10.0. The molecule has 0 saturated heterocycles. The molecule has 0 atom stereocenters. The zero-order valence-electron chi connectivity index (χ0n) is 19.6. The molecule has 0 bridgehead atoms. The molecule has 1 aromatic heterocycles. The third-order valence-corrected chi connectivity index (χ3v) is 7.59. The number of hydrogen-bond acceptors (Lipinski definition) is 7. The van der Waals surface area contributed by atoms with Gasteiger partial charge in [0.2, 0.25) is 0 Å². The monoisotopic (exact) mass is 570 g/mol. The van der Waals surface area contributed by atoms with Gasteiger partial charge in [-0.3, -0.25) is 14.9 Å². The molecule has 0 saturated carbocycles. The highest BCUT2D eigenvalue weighted by molar-refractivity contribution is 7.93. The Morgan fingerprint density at radius 3 is 2.45 bits per heavy atom. The highest BCUT2D eigenvalue weighted by Gasteiger charge is 2.20. The summed E-state index contributed by atoms with van der Waals surface area (Å²) in [7, 11) is -3.94. The van der Waals surface area contributed by atoms with Gasteiger partial charge in [0.1, 0.15) is 21.8 Å². The van der Waals surface area contributed by atoms with Crippen molar-refractivity contribution in [3.05, 3.63) is 95.6 Å². The van der Waals surface area contributed by atoms with Crippen LogP contribution in [0.15, 0.2) is 83.8 Å². The Morgan fingerprint density at radius 1 is 0.974 bits per heavy atom. The first-order valence-corrected chi connectivity index (χ1v) is 13.0. The molecule has 0 aliphatic rings. The molecule has 7 N–H and O–H groups in total. The number of nitrogens with one attached hydrogen (secondary N) is 3. The number of amides is 1. The molecule has 4 aromatic carbocycles. The molecule has 0 aliphatic heterocycles. The fourth-order valence-corrected chi connectivity index (χ4v) is 5.64. The van der Waals surface area contributed by atoms with E-state index in [4.69, 9.17) is 11.1 Å². The van der Waals surface area contributed by atoms with E-state index < -0.39 is 10.0 Å². The van der Waals surface area contributed by atoms with Gasteiger partial charge in [0.05, 0.1) is 11.7 Å². The van der Waals surface area contributed by atoms with E-state index in [1.165, 1.54) is 6.07 Å². The van der Waals surface area contributed by atoms with Gasteiger partial charge in [-0.05, 0) is 46.7 Å². The summed E-state index contributed by atoms with van der Waals surface area (Å²) < 4.78 is 37.1. The Kier molecular flexibility index (Phi) is 8.63. The zero-order valence-corrected chi connectivity index (χ0v) is 22.1. The maximum atomic E-state index is 13.1. The quantitative estimate of drug-likeness (QED) is 0.171. The van der Waals surface area contributed by atoms with Gasteiger partial charge < -0.3 is 16.5 Å². The Labute approximate surface area is 228 Å². The molecule has 0 fully saturated rings. The van der Waals surface area contributed by atoms with Gasteiger partial charge in [0, 0.05) is 23.4 Å². The van der Waals surface area contributed by atoms with E-state index in [-0.39, 0.29) is 41.1 Å². The van der Waals surface area contributed by atoms with Gasteiger partial charge in [0.15, 0.2) is 0 Å². The SMILES string of the molecule is Cl.N=C(N)c1ccc(CNC(=O)c2cccc3ccc(NS(=O)(=O)c4cccc5nsnc45)cc23)cc1.O. The zero-order chi connectivity index (χ0) is 25.3. The van der Waals surface area contributed by atoms with Crippen molar-refractivity contribution in [1.82, 2.24) is 14.1 Å². The minimum absolute atomic E-state index is 0. The number of carbonyl (C=O) groups is 1. The predicted octanol–water partition coefficient (Wildman–Crippen LogP) is 3.46. The second-order valence-corrected chi connectivity index (χ2v) is 10.2. The molecule has 38 heavy (non-hydrogen) atoms. The number of anilines is 1. The summed E-state index contributed by atoms with van der Waals surface area (Å²) >= 11 is 0.950. The van der Waals surface area contributed by atoms with Crippen molar-refractivity contribution < 1.29 is 18.7 Å². The second-order valence-electron chi connectivity index (χ2n) is 8.03. The first-order chi connectivity index (χ1) is 17.3. The summed E-state index contributed by atoms with van der Waals surface area (Å²) in [6.45, 7) is 0.283. The standard InChI is InChI=1S/C25H20N6O3S2.ClH.H2O/c26-24(27)17-9-7-15(8-10-17)14-28-25(32)19-4-1-3-16-11-12-18(13-20(16)19)31-36(33,34)22-6-2-5-21-23(22)30-35-29-21;;/h1-13,31H,14H2,(H3,26,27)(H,28,32);1H;1H2. The summed E-state index contributed by atoms with van der Waals surface area (Å²) in [6.07, 6.45) is 0. The van der Waals surface area contributed by atoms with E-state index in [0.29, 0.717) is 33.2 Å². The third kappa shape index (κ3) is 5.73. The van der Waals surface area contributed by atoms with Crippen LogP contribution in [0, 0.1) is 5.41 Å². The molecule has 0 aliphatic carbocycles. The van der Waals surface area contributed by atoms with Crippen molar-refractivity contribution in [2.24, 2.45) is 5.73 Å². The highest BCUT2D eigenvalue weighted by atomic mass is 35.5. The second kappa shape index (κ2) is 11.5. The van der Waals surface area contributed by atoms with E-state index in [1.54, 1.807) is 66.7 Å². The van der Waals surface area contributed by atoms with Crippen LogP contribution in [0.1, 0.15) is 21.5 Å². The van der Waals surface area contributed by atoms with Gasteiger partial charge in [-0.1, -0.05) is 48.5 Å². The summed E-state index contributed by atoms with van der Waals surface area (Å²) in [6, 6.07) is 22.2. The maximum absolute atomic E-state index is 13.1. The van der Waals surface area contributed by atoms with Gasteiger partial charge in [-0.25, -0.2) is 8.42 Å². The Balaban J connectivity index is 0.00000200. The molecule has 10 nitrogen and oxygen atoms in total. The number of sulfonamides is 1. The van der Waals surface area contributed by atoms with Crippen LogP contribution < -0.4 is 15.8 Å². The molecule has 5 aromatic rings. The normalized spacial score (nSPS) is 10.8. The molecule has 0 unspecified atom stereocenters. The molecular formula is C25H23ClN6O4S2. The number of fused-ring (bicyclic) bond motifs is 2. The number of halogens is 1. The molecule has 5 rings (SSSR count). The van der Waals surface area contributed by atoms with Crippen LogP contribution in [0.2, 0.25) is 0 Å². The predicted molar refractivity (Wildman–Crippen MR) is 152 cm³/mol. The maximum Gasteiger partial charge on any atom is 0.264 e. The first-order valence-electron chi connectivity index (χ1n) is 10.8. The Morgan fingerprint density at radius 2 is 1.71 bits per heavy atom. The number of carbonyl (C=O) groups excluding carboxylic acids is 1. The lowest BCUT2D eigenvalue weighted by Gasteiger charge is -2.12. The van der Waals surface area contributed by atoms with Crippen molar-refractivity contribution in [3.8, 4) is 0 Å². The molecule has 0 radical (unpaired) electrons. The first kappa shape index (κ1) is 28.5. The number of benzene rings is 4. The number of aromatic nitrogens is 2. The van der Waals surface area contributed by atoms with Crippen molar-refractivity contribution in [3.63, 3.8) is 0 Å². The number of amidine groups is 1. The fourth-order valence-electron chi connectivity index (χ4n) is 3.82. The molecule has 0 spiro atoms. The van der Waals surface area contributed by atoms with Gasteiger partial charge in [0.25, 0.3) is 15.9 Å². The molecule has 1 amide bonds. The van der Waals surface area contributed by atoms with Crippen LogP contribution in [0.25, 0.3) is 21.8 Å². The topological polar surface area (TPSA) is 182 Å². The third-order valence-electron chi connectivity index (χ3n) is 5.64. The Bertz CT molecular complexity index is 1740. The smallest absolute Gasteiger partial charge is 0.264 e. The molecule has 13 heteroatoms. The number of nitrogens with two attached hydrogens (primary N) is 1. The van der Waals surface area contributed by atoms with Crippen LogP contribution in [-0.2, 0) is 16.6 Å². The molecule has 196 valence electrons. The number of hydrogen-bond donors (Lipinski definition) is 4. The number of nitrogens with zero attached hydrogens (tertiary/aromatic N) is 2. The van der Waals surface area contributed by atoms with Crippen molar-refractivity contribution in [2.75, 3.05) is 4.72 Å². The van der Waals surface area contributed by atoms with Gasteiger partial charge in [-0.2, -0.15) is 8.75 Å². The highest BCUT2D eigenvalue weighted by Crippen LogP contribution is 2.27. The summed E-state index contributed by atoms with van der Waals surface area (Å²) in [5, 5.41) is 11.8. The van der Waals surface area contributed by atoms with Crippen LogP contribution >= 0.6 is 24.1 Å². The number of rotatable bonds is 7. The summed E-state index contributed by atoms with van der Waals surface area (Å²) in [4.78, 5) is 13.1. The summed E-state index contributed by atoms with van der Waals surface area (Å²) in [5.41, 5.74) is 8.51. The van der Waals surface area contributed by atoms with Crippen LogP contribution in [0.4, 0.5) is 5.69 Å².